The van der Waals surface area contributed by atoms with Crippen LogP contribution in [0.3, 0.4) is 0 Å². The maximum absolute atomic E-state index is 11.3. The molecule has 1 aromatic heterocycles. The summed E-state index contributed by atoms with van der Waals surface area (Å²) in [6, 6.07) is 3.38. The summed E-state index contributed by atoms with van der Waals surface area (Å²) in [5.41, 5.74) is 0.634. The molecule has 94 valence electrons. The molecule has 0 unspecified atom stereocenters. The number of methoxy groups -OCH3 is 2. The van der Waals surface area contributed by atoms with E-state index in [1.807, 2.05) is 0 Å². The second-order valence-corrected chi connectivity index (χ2v) is 3.81. The molecule has 0 atom stereocenters. The molecule has 1 N–H and O–H groups in total. The zero-order valence-electron chi connectivity index (χ0n) is 10.4. The van der Waals surface area contributed by atoms with Gasteiger partial charge in [-0.05, 0) is 13.0 Å². The first-order chi connectivity index (χ1) is 8.58. The number of hydrogen-bond donors (Lipinski definition) is 1. The highest BCUT2D eigenvalue weighted by Crippen LogP contribution is 2.33. The molecule has 0 fully saturated rings. The van der Waals surface area contributed by atoms with E-state index in [9.17, 15) is 9.90 Å². The number of rotatable bonds is 3. The van der Waals surface area contributed by atoms with E-state index >= 15 is 0 Å². The summed E-state index contributed by atoms with van der Waals surface area (Å²) in [4.78, 5) is 15.4. The fourth-order valence-corrected chi connectivity index (χ4v) is 1.92. The van der Waals surface area contributed by atoms with E-state index in [2.05, 4.69) is 4.98 Å². The Morgan fingerprint density at radius 3 is 2.50 bits per heavy atom. The van der Waals surface area contributed by atoms with Crippen LogP contribution in [0.2, 0.25) is 0 Å². The van der Waals surface area contributed by atoms with Crippen LogP contribution >= 0.6 is 0 Å². The van der Waals surface area contributed by atoms with Gasteiger partial charge >= 0.3 is 5.97 Å². The zero-order valence-corrected chi connectivity index (χ0v) is 10.4. The lowest BCUT2D eigenvalue weighted by molar-refractivity contribution is 0.0698. The Bertz CT molecular complexity index is 622. The lowest BCUT2D eigenvalue weighted by Gasteiger charge is -2.11. The minimum atomic E-state index is -1.01. The summed E-state index contributed by atoms with van der Waals surface area (Å²) in [6.07, 6.45) is 1.61. The first kappa shape index (κ1) is 12.2. The van der Waals surface area contributed by atoms with Crippen molar-refractivity contribution < 1.29 is 19.4 Å². The van der Waals surface area contributed by atoms with Gasteiger partial charge in [0, 0.05) is 23.0 Å². The SMILES string of the molecule is COc1cc(OC)c2cnc(C)c(C(=O)O)c2c1. The van der Waals surface area contributed by atoms with E-state index < -0.39 is 5.97 Å². The van der Waals surface area contributed by atoms with Gasteiger partial charge in [0.25, 0.3) is 0 Å². The highest BCUT2D eigenvalue weighted by molar-refractivity contribution is 6.06. The Morgan fingerprint density at radius 1 is 1.22 bits per heavy atom. The maximum atomic E-state index is 11.3. The van der Waals surface area contributed by atoms with Gasteiger partial charge in [0.15, 0.2) is 0 Å². The van der Waals surface area contributed by atoms with Gasteiger partial charge in [0.05, 0.1) is 25.5 Å². The van der Waals surface area contributed by atoms with Gasteiger partial charge in [-0.2, -0.15) is 0 Å². The molecule has 0 radical (unpaired) electrons. The van der Waals surface area contributed by atoms with Gasteiger partial charge in [-0.25, -0.2) is 4.79 Å². The standard InChI is InChI=1S/C13H13NO4/c1-7-12(13(15)16)9-4-8(17-2)5-11(18-3)10(9)6-14-7/h4-6H,1-3H3,(H,15,16). The van der Waals surface area contributed by atoms with Crippen LogP contribution in [0, 0.1) is 6.92 Å². The van der Waals surface area contributed by atoms with Crippen LogP contribution in [0.5, 0.6) is 11.5 Å². The number of aromatic carboxylic acids is 1. The number of ether oxygens (including phenoxy) is 2. The fraction of sp³-hybridized carbons (Fsp3) is 0.231. The normalized spacial score (nSPS) is 10.4. The molecule has 5 heteroatoms. The number of hydrogen-bond acceptors (Lipinski definition) is 4. The van der Waals surface area contributed by atoms with Crippen LogP contribution in [0.1, 0.15) is 16.1 Å². The van der Waals surface area contributed by atoms with Crippen molar-refractivity contribution in [3.8, 4) is 11.5 Å². The number of carboxylic acids is 1. The number of carboxylic acid groups (broad SMARTS) is 1. The average molecular weight is 247 g/mol. The van der Waals surface area contributed by atoms with E-state index in [0.717, 1.165) is 0 Å². The molecule has 0 aliphatic heterocycles. The largest absolute Gasteiger partial charge is 0.497 e. The van der Waals surface area contributed by atoms with Gasteiger partial charge in [0.2, 0.25) is 0 Å². The van der Waals surface area contributed by atoms with Crippen LogP contribution in [-0.4, -0.2) is 30.3 Å². The quantitative estimate of drug-likeness (QED) is 0.900. The highest BCUT2D eigenvalue weighted by Gasteiger charge is 2.16. The molecule has 2 rings (SSSR count). The van der Waals surface area contributed by atoms with Crippen molar-refractivity contribution in [3.05, 3.63) is 29.6 Å². The van der Waals surface area contributed by atoms with Crippen molar-refractivity contribution in [2.75, 3.05) is 14.2 Å². The molecule has 0 bridgehead atoms. The summed E-state index contributed by atoms with van der Waals surface area (Å²) >= 11 is 0. The van der Waals surface area contributed by atoms with Gasteiger partial charge in [-0.15, -0.1) is 0 Å². The lowest BCUT2D eigenvalue weighted by Crippen LogP contribution is -2.03. The van der Waals surface area contributed by atoms with Crippen molar-refractivity contribution in [2.45, 2.75) is 6.92 Å². The Morgan fingerprint density at radius 2 is 1.94 bits per heavy atom. The smallest absolute Gasteiger partial charge is 0.338 e. The van der Waals surface area contributed by atoms with Crippen LogP contribution in [-0.2, 0) is 0 Å². The van der Waals surface area contributed by atoms with Gasteiger partial charge < -0.3 is 14.6 Å². The minimum absolute atomic E-state index is 0.171. The van der Waals surface area contributed by atoms with Crippen molar-refractivity contribution in [1.29, 1.82) is 0 Å². The van der Waals surface area contributed by atoms with Gasteiger partial charge in [-0.1, -0.05) is 0 Å². The van der Waals surface area contributed by atoms with E-state index in [4.69, 9.17) is 9.47 Å². The topological polar surface area (TPSA) is 68.7 Å². The fourth-order valence-electron chi connectivity index (χ4n) is 1.92. The van der Waals surface area contributed by atoms with Gasteiger partial charge in [-0.3, -0.25) is 4.98 Å². The summed E-state index contributed by atoms with van der Waals surface area (Å²) in [5, 5.41) is 10.5. The monoisotopic (exact) mass is 247 g/mol. The van der Waals surface area contributed by atoms with E-state index in [0.29, 0.717) is 28.0 Å². The molecule has 0 aliphatic rings. The molecule has 0 saturated heterocycles. The molecule has 0 aliphatic carbocycles. The Labute approximate surface area is 104 Å². The van der Waals surface area contributed by atoms with Crippen LogP contribution in [0.15, 0.2) is 18.3 Å². The molecule has 2 aromatic rings. The number of aromatic nitrogens is 1. The molecule has 0 amide bonds. The predicted molar refractivity (Wildman–Crippen MR) is 66.5 cm³/mol. The summed E-state index contributed by atoms with van der Waals surface area (Å²) in [5.74, 6) is 0.0766. The van der Waals surface area contributed by atoms with E-state index in [-0.39, 0.29) is 5.56 Å². The maximum Gasteiger partial charge on any atom is 0.338 e. The highest BCUT2D eigenvalue weighted by atomic mass is 16.5. The second-order valence-electron chi connectivity index (χ2n) is 3.81. The number of pyridine rings is 1. The summed E-state index contributed by atoms with van der Waals surface area (Å²) in [6.45, 7) is 1.66. The van der Waals surface area contributed by atoms with Crippen molar-refractivity contribution >= 4 is 16.7 Å². The van der Waals surface area contributed by atoms with E-state index in [1.54, 1.807) is 25.3 Å². The number of fused-ring (bicyclic) bond motifs is 1. The number of carbonyl (C=O) groups is 1. The lowest BCUT2D eigenvalue weighted by atomic mass is 10.0. The summed E-state index contributed by atoms with van der Waals surface area (Å²) in [7, 11) is 3.05. The van der Waals surface area contributed by atoms with Crippen molar-refractivity contribution in [1.82, 2.24) is 4.98 Å². The van der Waals surface area contributed by atoms with Crippen LogP contribution in [0.4, 0.5) is 0 Å². The van der Waals surface area contributed by atoms with Crippen molar-refractivity contribution in [3.63, 3.8) is 0 Å². The molecule has 18 heavy (non-hydrogen) atoms. The zero-order chi connectivity index (χ0) is 13.3. The first-order valence-corrected chi connectivity index (χ1v) is 5.33. The molecule has 0 spiro atoms. The average Bonchev–Trinajstić information content (AvgIpc) is 2.36. The number of aryl methyl sites for hydroxylation is 1. The molecule has 1 aromatic carbocycles. The van der Waals surface area contributed by atoms with Crippen molar-refractivity contribution in [2.24, 2.45) is 0 Å². The Balaban J connectivity index is 2.90. The van der Waals surface area contributed by atoms with Crippen LogP contribution in [0.25, 0.3) is 10.8 Å². The minimum Gasteiger partial charge on any atom is -0.497 e. The molecular weight excluding hydrogens is 234 g/mol. The molecule has 0 saturated carbocycles. The number of benzene rings is 1. The molecule has 1 heterocycles. The van der Waals surface area contributed by atoms with E-state index in [1.165, 1.54) is 14.2 Å². The Hall–Kier alpha value is -2.30. The predicted octanol–water partition coefficient (Wildman–Crippen LogP) is 2.26. The Kier molecular flexibility index (Phi) is 3.06. The first-order valence-electron chi connectivity index (χ1n) is 5.33. The summed E-state index contributed by atoms with van der Waals surface area (Å²) < 4.78 is 10.4. The number of nitrogens with zero attached hydrogens (tertiary/aromatic N) is 1. The third-order valence-corrected chi connectivity index (χ3v) is 2.80. The molecule has 5 nitrogen and oxygen atoms in total. The molecular formula is C13H13NO4. The van der Waals surface area contributed by atoms with Gasteiger partial charge in [0.1, 0.15) is 11.5 Å². The third-order valence-electron chi connectivity index (χ3n) is 2.80. The third kappa shape index (κ3) is 1.84. The van der Waals surface area contributed by atoms with Crippen LogP contribution < -0.4 is 9.47 Å². The second kappa shape index (κ2) is 4.52.